The van der Waals surface area contributed by atoms with E-state index in [4.69, 9.17) is 9.47 Å². The van der Waals surface area contributed by atoms with Gasteiger partial charge in [-0.1, -0.05) is 18.2 Å². The van der Waals surface area contributed by atoms with Crippen molar-refractivity contribution in [1.29, 1.82) is 0 Å². The van der Waals surface area contributed by atoms with Crippen molar-refractivity contribution in [1.82, 2.24) is 24.3 Å². The first kappa shape index (κ1) is 30.2. The lowest BCUT2D eigenvalue weighted by Gasteiger charge is -2.12. The van der Waals surface area contributed by atoms with Crippen LogP contribution in [0.15, 0.2) is 90.4 Å². The van der Waals surface area contributed by atoms with E-state index in [0.717, 1.165) is 30.6 Å². The number of Topliss-reactive ketones (excluding diaryl/α,β-unsaturated/α-hetero) is 1. The summed E-state index contributed by atoms with van der Waals surface area (Å²) in [5, 5.41) is 3.61. The molecule has 0 aliphatic heterocycles. The molecule has 46 heavy (non-hydrogen) atoms. The molecule has 0 aliphatic carbocycles. The summed E-state index contributed by atoms with van der Waals surface area (Å²) in [4.78, 5) is 35.7. The summed E-state index contributed by atoms with van der Waals surface area (Å²) < 4.78 is 68.1. The Balaban J connectivity index is 1.31. The van der Waals surface area contributed by atoms with Crippen LogP contribution in [0.25, 0.3) is 27.8 Å². The zero-order chi connectivity index (χ0) is 32.5. The van der Waals surface area contributed by atoms with Crippen molar-refractivity contribution in [3.8, 4) is 34.1 Å². The fraction of sp³-hybridized carbons (Fsp3) is 0.121. The average Bonchev–Trinajstić information content (AvgIpc) is 3.54. The molecule has 0 aliphatic rings. The molecule has 0 spiro atoms. The Bertz CT molecular complexity index is 2160. The van der Waals surface area contributed by atoms with Crippen LogP contribution in [0.1, 0.15) is 28.2 Å². The van der Waals surface area contributed by atoms with E-state index < -0.39 is 29.4 Å². The number of hydrogen-bond donors (Lipinski definition) is 0. The van der Waals surface area contributed by atoms with Crippen molar-refractivity contribution in [3.05, 3.63) is 124 Å². The fourth-order valence-electron chi connectivity index (χ4n) is 4.87. The van der Waals surface area contributed by atoms with Gasteiger partial charge in [-0.25, -0.2) is 18.4 Å². The van der Waals surface area contributed by atoms with E-state index in [1.165, 1.54) is 54.5 Å². The second-order valence-corrected chi connectivity index (χ2v) is 10.2. The SMILES string of the molecule is COc1cc2nccc(Oc3ccc(CC(=O)c4cn(-c5cnn(C(F)F)c5)cc(-c5ccc(F)cc5)c4=O)cc3F)c2nc1C. The van der Waals surface area contributed by atoms with Crippen molar-refractivity contribution >= 4 is 16.8 Å². The standard InChI is InChI=1S/C33H23F4N5O4/c1-18-30(45-2)13-26-31(40-18)29(9-10-38-26)46-28-8-3-19(11-25(28)35)12-27(43)24-17-41(22-14-39-42(15-22)33(36)37)16-23(32(24)44)20-4-6-21(34)7-5-20/h3-11,13-17,33H,12H2,1-2H3. The Morgan fingerprint density at radius 1 is 0.957 bits per heavy atom. The Labute approximate surface area is 258 Å². The van der Waals surface area contributed by atoms with Crippen molar-refractivity contribution in [2.24, 2.45) is 0 Å². The van der Waals surface area contributed by atoms with Crippen LogP contribution in [-0.4, -0.2) is 37.2 Å². The normalized spacial score (nSPS) is 11.3. The maximum absolute atomic E-state index is 15.3. The number of alkyl halides is 2. The molecule has 6 rings (SSSR count). The highest BCUT2D eigenvalue weighted by Gasteiger charge is 2.20. The number of halogens is 4. The molecule has 9 nitrogen and oxygen atoms in total. The quantitative estimate of drug-likeness (QED) is 0.127. The Morgan fingerprint density at radius 3 is 2.43 bits per heavy atom. The first-order valence-electron chi connectivity index (χ1n) is 13.8. The Hall–Kier alpha value is -5.85. The maximum Gasteiger partial charge on any atom is 0.333 e. The molecule has 4 aromatic heterocycles. The van der Waals surface area contributed by atoms with Gasteiger partial charge in [0, 0.05) is 42.7 Å². The average molecular weight is 630 g/mol. The van der Waals surface area contributed by atoms with E-state index in [1.54, 1.807) is 19.1 Å². The van der Waals surface area contributed by atoms with Crippen LogP contribution in [0, 0.1) is 18.6 Å². The molecule has 0 bridgehead atoms. The van der Waals surface area contributed by atoms with Gasteiger partial charge in [0.15, 0.2) is 28.5 Å². The second kappa shape index (κ2) is 12.3. The van der Waals surface area contributed by atoms with Crippen LogP contribution in [0.4, 0.5) is 17.6 Å². The maximum atomic E-state index is 15.3. The highest BCUT2D eigenvalue weighted by atomic mass is 19.3. The topological polar surface area (TPSA) is 101 Å². The summed E-state index contributed by atoms with van der Waals surface area (Å²) in [6.45, 7) is -1.16. The van der Waals surface area contributed by atoms with Crippen LogP contribution in [-0.2, 0) is 6.42 Å². The monoisotopic (exact) mass is 629 g/mol. The van der Waals surface area contributed by atoms with Gasteiger partial charge < -0.3 is 14.0 Å². The number of carbonyl (C=O) groups is 1. The number of carbonyl (C=O) groups excluding carboxylic acids is 1. The predicted octanol–water partition coefficient (Wildman–Crippen LogP) is 6.85. The number of ether oxygens (including phenoxy) is 2. The highest BCUT2D eigenvalue weighted by molar-refractivity contribution is 5.98. The van der Waals surface area contributed by atoms with Gasteiger partial charge in [0.2, 0.25) is 0 Å². The minimum Gasteiger partial charge on any atom is -0.495 e. The van der Waals surface area contributed by atoms with Gasteiger partial charge >= 0.3 is 6.55 Å². The lowest BCUT2D eigenvalue weighted by molar-refractivity contribution is 0.0566. The molecule has 4 heterocycles. The molecule has 0 saturated carbocycles. The van der Waals surface area contributed by atoms with E-state index in [-0.39, 0.29) is 40.3 Å². The number of aryl methyl sites for hydroxylation is 1. The third kappa shape index (κ3) is 5.94. The lowest BCUT2D eigenvalue weighted by Crippen LogP contribution is -2.21. The molecule has 0 atom stereocenters. The van der Waals surface area contributed by atoms with Crippen molar-refractivity contribution < 1.29 is 31.8 Å². The summed E-state index contributed by atoms with van der Waals surface area (Å²) in [7, 11) is 1.51. The number of nitrogens with zero attached hydrogens (tertiary/aromatic N) is 5. The summed E-state index contributed by atoms with van der Waals surface area (Å²) in [6, 6.07) is 12.2. The molecule has 0 radical (unpaired) electrons. The smallest absolute Gasteiger partial charge is 0.333 e. The molecule has 0 amide bonds. The largest absolute Gasteiger partial charge is 0.495 e. The van der Waals surface area contributed by atoms with E-state index in [2.05, 4.69) is 15.1 Å². The minimum atomic E-state index is -2.91. The number of methoxy groups -OCH3 is 1. The number of aromatic nitrogens is 5. The van der Waals surface area contributed by atoms with Gasteiger partial charge in [0.05, 0.1) is 42.0 Å². The molecule has 0 unspecified atom stereocenters. The second-order valence-electron chi connectivity index (χ2n) is 10.2. The van der Waals surface area contributed by atoms with Gasteiger partial charge in [0.1, 0.15) is 17.1 Å². The van der Waals surface area contributed by atoms with Crippen molar-refractivity contribution in [2.75, 3.05) is 7.11 Å². The number of hydrogen-bond acceptors (Lipinski definition) is 7. The third-order valence-corrected chi connectivity index (χ3v) is 7.19. The molecule has 2 aromatic carbocycles. The fourth-order valence-corrected chi connectivity index (χ4v) is 4.87. The summed E-state index contributed by atoms with van der Waals surface area (Å²) in [6.07, 6.45) is 5.87. The van der Waals surface area contributed by atoms with E-state index in [1.807, 2.05) is 0 Å². The highest BCUT2D eigenvalue weighted by Crippen LogP contribution is 2.32. The van der Waals surface area contributed by atoms with Crippen LogP contribution in [0.3, 0.4) is 0 Å². The number of ketones is 1. The molecule has 232 valence electrons. The van der Waals surface area contributed by atoms with Crippen LogP contribution >= 0.6 is 0 Å². The van der Waals surface area contributed by atoms with Crippen LogP contribution < -0.4 is 14.9 Å². The number of fused-ring (bicyclic) bond motifs is 1. The molecule has 0 fully saturated rings. The molecule has 13 heteroatoms. The molecular weight excluding hydrogens is 606 g/mol. The van der Waals surface area contributed by atoms with Gasteiger partial charge in [-0.05, 0) is 42.3 Å². The molecular formula is C33H23F4N5O4. The lowest BCUT2D eigenvalue weighted by atomic mass is 9.99. The third-order valence-electron chi connectivity index (χ3n) is 7.19. The Morgan fingerprint density at radius 2 is 1.74 bits per heavy atom. The van der Waals surface area contributed by atoms with E-state index in [9.17, 15) is 22.8 Å². The molecule has 0 N–H and O–H groups in total. The van der Waals surface area contributed by atoms with E-state index >= 15 is 4.39 Å². The van der Waals surface area contributed by atoms with Crippen LogP contribution in [0.5, 0.6) is 17.2 Å². The summed E-state index contributed by atoms with van der Waals surface area (Å²) >= 11 is 0. The van der Waals surface area contributed by atoms with Gasteiger partial charge in [-0.15, -0.1) is 0 Å². The number of rotatable bonds is 9. The molecule has 0 saturated heterocycles. The zero-order valence-corrected chi connectivity index (χ0v) is 24.2. The summed E-state index contributed by atoms with van der Waals surface area (Å²) in [5.74, 6) is -1.30. The van der Waals surface area contributed by atoms with Gasteiger partial charge in [-0.2, -0.15) is 13.9 Å². The van der Waals surface area contributed by atoms with Crippen molar-refractivity contribution in [3.63, 3.8) is 0 Å². The first-order chi connectivity index (χ1) is 22.1. The van der Waals surface area contributed by atoms with Crippen LogP contribution in [0.2, 0.25) is 0 Å². The van der Waals surface area contributed by atoms with Gasteiger partial charge in [0.25, 0.3) is 0 Å². The predicted molar refractivity (Wildman–Crippen MR) is 160 cm³/mol. The zero-order valence-electron chi connectivity index (χ0n) is 24.2. The van der Waals surface area contributed by atoms with E-state index in [0.29, 0.717) is 32.7 Å². The molecule has 6 aromatic rings. The van der Waals surface area contributed by atoms with Crippen molar-refractivity contribution in [2.45, 2.75) is 19.9 Å². The number of pyridine rings is 3. The number of benzene rings is 2. The first-order valence-corrected chi connectivity index (χ1v) is 13.8. The summed E-state index contributed by atoms with van der Waals surface area (Å²) in [5.41, 5.74) is 1.24. The Kier molecular flexibility index (Phi) is 8.05. The van der Waals surface area contributed by atoms with Gasteiger partial charge in [-0.3, -0.25) is 14.6 Å². The minimum absolute atomic E-state index is 0.0246.